The van der Waals surface area contributed by atoms with Crippen LogP contribution in [0.4, 0.5) is 0 Å². The van der Waals surface area contributed by atoms with Crippen LogP contribution >= 0.6 is 0 Å². The van der Waals surface area contributed by atoms with Gasteiger partial charge >= 0.3 is 5.97 Å². The van der Waals surface area contributed by atoms with Crippen molar-refractivity contribution in [2.24, 2.45) is 35.0 Å². The summed E-state index contributed by atoms with van der Waals surface area (Å²) in [6, 6.07) is 0. The number of esters is 1. The monoisotopic (exact) mass is 222 g/mol. The van der Waals surface area contributed by atoms with Crippen molar-refractivity contribution in [2.75, 3.05) is 0 Å². The average Bonchev–Trinajstić information content (AvgIpc) is 2.74. The van der Waals surface area contributed by atoms with Crippen LogP contribution in [0.3, 0.4) is 0 Å². The first kappa shape index (κ1) is 10.6. The van der Waals surface area contributed by atoms with Crippen LogP contribution in [0.5, 0.6) is 0 Å². The summed E-state index contributed by atoms with van der Waals surface area (Å²) in [7, 11) is 0. The zero-order valence-corrected chi connectivity index (χ0v) is 10.7. The summed E-state index contributed by atoms with van der Waals surface area (Å²) in [5.41, 5.74) is 0.217. The van der Waals surface area contributed by atoms with Crippen molar-refractivity contribution in [3.8, 4) is 0 Å². The lowest BCUT2D eigenvalue weighted by Crippen LogP contribution is -2.46. The average molecular weight is 222 g/mol. The van der Waals surface area contributed by atoms with E-state index in [1.807, 2.05) is 0 Å². The number of hydrogen-bond acceptors (Lipinski definition) is 2. The number of ether oxygens (including phenoxy) is 1. The first-order chi connectivity index (χ1) is 7.49. The fraction of sp³-hybridized carbons (Fsp3) is 0.929. The molecule has 2 bridgehead atoms. The van der Waals surface area contributed by atoms with Crippen molar-refractivity contribution in [3.05, 3.63) is 0 Å². The van der Waals surface area contributed by atoms with Crippen LogP contribution in [0, 0.1) is 35.0 Å². The minimum atomic E-state index is 0.109. The van der Waals surface area contributed by atoms with Gasteiger partial charge in [-0.2, -0.15) is 0 Å². The Kier molecular flexibility index (Phi) is 2.01. The molecule has 0 radical (unpaired) electrons. The molecule has 0 N–H and O–H groups in total. The highest BCUT2D eigenvalue weighted by molar-refractivity contribution is 5.78. The fourth-order valence-electron chi connectivity index (χ4n) is 5.48. The molecule has 2 aliphatic carbocycles. The Morgan fingerprint density at radius 2 is 1.81 bits per heavy atom. The quantitative estimate of drug-likeness (QED) is 0.672. The predicted octanol–water partition coefficient (Wildman–Crippen LogP) is 2.87. The third kappa shape index (κ3) is 0.930. The van der Waals surface area contributed by atoms with Gasteiger partial charge in [0.1, 0.15) is 6.10 Å². The molecule has 1 heterocycles. The SMILES string of the molecule is CC(C)C1(C(C)C)C2CC3OC(=O)C1C3C2. The maximum atomic E-state index is 12.1. The molecule has 3 aliphatic rings. The molecule has 1 aliphatic heterocycles. The first-order valence-corrected chi connectivity index (χ1v) is 6.70. The van der Waals surface area contributed by atoms with E-state index < -0.39 is 0 Å². The second-order valence-corrected chi connectivity index (χ2v) is 6.59. The summed E-state index contributed by atoms with van der Waals surface area (Å²) in [6.45, 7) is 9.17. The van der Waals surface area contributed by atoms with Gasteiger partial charge in [-0.3, -0.25) is 4.79 Å². The molecule has 90 valence electrons. The van der Waals surface area contributed by atoms with Gasteiger partial charge in [-0.25, -0.2) is 0 Å². The lowest BCUT2D eigenvalue weighted by Gasteiger charge is -2.47. The van der Waals surface area contributed by atoms with Crippen LogP contribution in [-0.4, -0.2) is 12.1 Å². The third-order valence-electron chi connectivity index (χ3n) is 5.75. The maximum absolute atomic E-state index is 12.1. The maximum Gasteiger partial charge on any atom is 0.310 e. The van der Waals surface area contributed by atoms with Crippen LogP contribution in [0.2, 0.25) is 0 Å². The van der Waals surface area contributed by atoms with Crippen LogP contribution in [0.15, 0.2) is 0 Å². The first-order valence-electron chi connectivity index (χ1n) is 6.70. The van der Waals surface area contributed by atoms with E-state index in [4.69, 9.17) is 4.74 Å². The molecule has 2 nitrogen and oxygen atoms in total. The van der Waals surface area contributed by atoms with Crippen molar-refractivity contribution < 1.29 is 9.53 Å². The zero-order valence-electron chi connectivity index (χ0n) is 10.7. The number of fused-ring (bicyclic) bond motifs is 1. The molecule has 0 aromatic carbocycles. The van der Waals surface area contributed by atoms with Gasteiger partial charge in [-0.1, -0.05) is 27.7 Å². The predicted molar refractivity (Wildman–Crippen MR) is 61.7 cm³/mol. The van der Waals surface area contributed by atoms with Gasteiger partial charge < -0.3 is 4.74 Å². The van der Waals surface area contributed by atoms with E-state index >= 15 is 0 Å². The van der Waals surface area contributed by atoms with Crippen LogP contribution in [0.25, 0.3) is 0 Å². The van der Waals surface area contributed by atoms with E-state index in [2.05, 4.69) is 27.7 Å². The molecular formula is C14H22O2. The Hall–Kier alpha value is -0.530. The number of hydrogen-bond donors (Lipinski definition) is 0. The molecule has 1 saturated heterocycles. The van der Waals surface area contributed by atoms with Crippen molar-refractivity contribution in [2.45, 2.75) is 46.6 Å². The van der Waals surface area contributed by atoms with Crippen molar-refractivity contribution in [3.63, 3.8) is 0 Å². The van der Waals surface area contributed by atoms with Crippen molar-refractivity contribution >= 4 is 5.97 Å². The summed E-state index contributed by atoms with van der Waals surface area (Å²) in [5, 5.41) is 0. The highest BCUT2D eigenvalue weighted by Gasteiger charge is 2.70. The topological polar surface area (TPSA) is 26.3 Å². The molecule has 0 amide bonds. The molecule has 4 atom stereocenters. The third-order valence-corrected chi connectivity index (χ3v) is 5.75. The molecular weight excluding hydrogens is 200 g/mol. The van der Waals surface area contributed by atoms with E-state index in [-0.39, 0.29) is 23.4 Å². The fourth-order valence-corrected chi connectivity index (χ4v) is 5.48. The number of carbonyl (C=O) groups excluding carboxylic acids is 1. The Morgan fingerprint density at radius 1 is 1.19 bits per heavy atom. The Labute approximate surface area is 97.7 Å². The largest absolute Gasteiger partial charge is 0.462 e. The minimum Gasteiger partial charge on any atom is -0.462 e. The van der Waals surface area contributed by atoms with Crippen LogP contribution in [0.1, 0.15) is 40.5 Å². The van der Waals surface area contributed by atoms with Gasteiger partial charge in [0.25, 0.3) is 0 Å². The van der Waals surface area contributed by atoms with Gasteiger partial charge in [0.2, 0.25) is 0 Å². The molecule has 0 spiro atoms. The molecule has 2 heteroatoms. The van der Waals surface area contributed by atoms with E-state index in [1.165, 1.54) is 6.42 Å². The minimum absolute atomic E-state index is 0.109. The highest BCUT2D eigenvalue weighted by atomic mass is 16.6. The Bertz CT molecular complexity index is 322. The molecule has 0 aromatic heterocycles. The highest BCUT2D eigenvalue weighted by Crippen LogP contribution is 2.69. The van der Waals surface area contributed by atoms with Crippen molar-refractivity contribution in [1.82, 2.24) is 0 Å². The van der Waals surface area contributed by atoms with E-state index in [1.54, 1.807) is 0 Å². The van der Waals surface area contributed by atoms with E-state index in [9.17, 15) is 4.79 Å². The van der Waals surface area contributed by atoms with Gasteiger partial charge in [-0.15, -0.1) is 0 Å². The molecule has 3 rings (SSSR count). The summed E-state index contributed by atoms with van der Waals surface area (Å²) in [4.78, 5) is 12.1. The number of carbonyl (C=O) groups is 1. The second-order valence-electron chi connectivity index (χ2n) is 6.59. The zero-order chi connectivity index (χ0) is 11.7. The lowest BCUT2D eigenvalue weighted by atomic mass is 9.55. The van der Waals surface area contributed by atoms with Gasteiger partial charge in [0.15, 0.2) is 0 Å². The molecule has 16 heavy (non-hydrogen) atoms. The standard InChI is InChI=1S/C14H22O2/c1-7(2)14(8(3)4)9-5-10-11(6-9)16-13(15)12(10)14/h7-12H,5-6H2,1-4H3. The van der Waals surface area contributed by atoms with Crippen LogP contribution in [-0.2, 0) is 9.53 Å². The van der Waals surface area contributed by atoms with E-state index in [0.717, 1.165) is 12.3 Å². The number of rotatable bonds is 2. The summed E-state index contributed by atoms with van der Waals surface area (Å²) in [6.07, 6.45) is 2.63. The Morgan fingerprint density at radius 3 is 2.38 bits per heavy atom. The van der Waals surface area contributed by atoms with Gasteiger partial charge in [0, 0.05) is 5.92 Å². The molecule has 2 saturated carbocycles. The molecule has 4 unspecified atom stereocenters. The molecule has 0 aromatic rings. The van der Waals surface area contributed by atoms with Gasteiger partial charge in [-0.05, 0) is 36.0 Å². The van der Waals surface area contributed by atoms with Crippen LogP contribution < -0.4 is 0 Å². The Balaban J connectivity index is 2.10. The van der Waals surface area contributed by atoms with E-state index in [0.29, 0.717) is 17.8 Å². The molecule has 3 fully saturated rings. The van der Waals surface area contributed by atoms with Crippen molar-refractivity contribution in [1.29, 1.82) is 0 Å². The smallest absolute Gasteiger partial charge is 0.310 e. The van der Waals surface area contributed by atoms with Gasteiger partial charge in [0.05, 0.1) is 5.92 Å². The lowest BCUT2D eigenvalue weighted by molar-refractivity contribution is -0.147. The second kappa shape index (κ2) is 3.02. The summed E-state index contributed by atoms with van der Waals surface area (Å²) in [5.74, 6) is 2.74. The normalized spacial score (nSPS) is 43.5. The summed E-state index contributed by atoms with van der Waals surface area (Å²) >= 11 is 0. The summed E-state index contributed by atoms with van der Waals surface area (Å²) < 4.78 is 5.56.